The van der Waals surface area contributed by atoms with Crippen molar-refractivity contribution in [3.63, 3.8) is 0 Å². The highest BCUT2D eigenvalue weighted by Gasteiger charge is 2.24. The summed E-state index contributed by atoms with van der Waals surface area (Å²) in [6.45, 7) is 3.52. The van der Waals surface area contributed by atoms with Crippen molar-refractivity contribution < 1.29 is 21.9 Å². The molecule has 1 N–H and O–H groups in total. The maximum Gasteiger partial charge on any atom is 0.264 e. The number of hydrogen-bond acceptors (Lipinski definition) is 5. The van der Waals surface area contributed by atoms with Gasteiger partial charge >= 0.3 is 0 Å². The molecule has 9 heteroatoms. The fraction of sp³-hybridized carbons (Fsp3) is 0.312. The maximum absolute atomic E-state index is 14.0. The number of anilines is 2. The highest BCUT2D eigenvalue weighted by molar-refractivity contribution is 7.92. The average Bonchev–Trinajstić information content (AvgIpc) is 2.59. The monoisotopic (exact) mass is 369 g/mol. The number of nitrogens with one attached hydrogen (secondary N) is 1. The molecule has 2 aromatic rings. The standard InChI is InChI=1S/C16H17F2N3O3S/c1-11-9-15(13(18)10-12(11)17)25(22,23)20-14-3-2-4-19-16(14)21-5-7-24-8-6-21/h2-4,9-10,20H,5-8H2,1H3. The Hall–Kier alpha value is -2.26. The molecule has 1 aliphatic rings. The van der Waals surface area contributed by atoms with Crippen molar-refractivity contribution in [2.45, 2.75) is 11.8 Å². The summed E-state index contributed by atoms with van der Waals surface area (Å²) in [4.78, 5) is 5.50. The Morgan fingerprint density at radius 1 is 1.20 bits per heavy atom. The van der Waals surface area contributed by atoms with Crippen LogP contribution in [0.15, 0.2) is 35.4 Å². The molecule has 25 heavy (non-hydrogen) atoms. The third-order valence-electron chi connectivity index (χ3n) is 3.84. The van der Waals surface area contributed by atoms with Gasteiger partial charge < -0.3 is 9.64 Å². The molecular weight excluding hydrogens is 352 g/mol. The summed E-state index contributed by atoms with van der Waals surface area (Å²) in [5, 5.41) is 0. The summed E-state index contributed by atoms with van der Waals surface area (Å²) >= 11 is 0. The number of aromatic nitrogens is 1. The highest BCUT2D eigenvalue weighted by atomic mass is 32.2. The van der Waals surface area contributed by atoms with Crippen LogP contribution < -0.4 is 9.62 Å². The molecule has 6 nitrogen and oxygen atoms in total. The SMILES string of the molecule is Cc1cc(S(=O)(=O)Nc2cccnc2N2CCOCC2)c(F)cc1F. The van der Waals surface area contributed by atoms with E-state index in [-0.39, 0.29) is 11.3 Å². The minimum absolute atomic E-state index is 0.0429. The molecule has 1 aromatic heterocycles. The number of benzene rings is 1. The van der Waals surface area contributed by atoms with Crippen LogP contribution in [0.5, 0.6) is 0 Å². The summed E-state index contributed by atoms with van der Waals surface area (Å²) < 4.78 is 60.2. The minimum atomic E-state index is -4.23. The summed E-state index contributed by atoms with van der Waals surface area (Å²) in [5.41, 5.74) is 0.271. The molecular formula is C16H17F2N3O3S. The molecule has 0 aliphatic carbocycles. The van der Waals surface area contributed by atoms with Crippen LogP contribution in [0, 0.1) is 18.6 Å². The van der Waals surface area contributed by atoms with Crippen LogP contribution in [0.25, 0.3) is 0 Å². The summed E-state index contributed by atoms with van der Waals surface area (Å²) in [6, 6.07) is 4.66. The fourth-order valence-electron chi connectivity index (χ4n) is 2.54. The summed E-state index contributed by atoms with van der Waals surface area (Å²) in [5.74, 6) is -1.51. The Balaban J connectivity index is 1.95. The highest BCUT2D eigenvalue weighted by Crippen LogP contribution is 2.27. The quantitative estimate of drug-likeness (QED) is 0.896. The lowest BCUT2D eigenvalue weighted by molar-refractivity contribution is 0.122. The van der Waals surface area contributed by atoms with Gasteiger partial charge in [-0.1, -0.05) is 0 Å². The Morgan fingerprint density at radius 3 is 2.64 bits per heavy atom. The third-order valence-corrected chi connectivity index (χ3v) is 5.22. The van der Waals surface area contributed by atoms with Crippen LogP contribution in [0.2, 0.25) is 0 Å². The van der Waals surface area contributed by atoms with Crippen LogP contribution in [0.3, 0.4) is 0 Å². The number of sulfonamides is 1. The zero-order valence-corrected chi connectivity index (χ0v) is 14.3. The first-order chi connectivity index (χ1) is 11.9. The first kappa shape index (κ1) is 17.6. The van der Waals surface area contributed by atoms with Gasteiger partial charge in [0.05, 0.1) is 18.9 Å². The molecule has 2 heterocycles. The van der Waals surface area contributed by atoms with Crippen molar-refractivity contribution in [2.75, 3.05) is 35.9 Å². The molecule has 3 rings (SSSR count). The third kappa shape index (κ3) is 3.72. The van der Waals surface area contributed by atoms with Gasteiger partial charge in [0.1, 0.15) is 16.5 Å². The number of aryl methyl sites for hydroxylation is 1. The van der Waals surface area contributed by atoms with E-state index in [0.29, 0.717) is 38.2 Å². The van der Waals surface area contributed by atoms with Crippen molar-refractivity contribution in [1.82, 2.24) is 4.98 Å². The number of ether oxygens (including phenoxy) is 1. The minimum Gasteiger partial charge on any atom is -0.378 e. The van der Waals surface area contributed by atoms with Gasteiger partial charge in [0.15, 0.2) is 5.82 Å². The largest absolute Gasteiger partial charge is 0.378 e. The van der Waals surface area contributed by atoms with Crippen molar-refractivity contribution in [3.8, 4) is 0 Å². The van der Waals surface area contributed by atoms with Gasteiger partial charge in [0.25, 0.3) is 10.0 Å². The van der Waals surface area contributed by atoms with Crippen molar-refractivity contribution in [1.29, 1.82) is 0 Å². The van der Waals surface area contributed by atoms with Crippen molar-refractivity contribution in [3.05, 3.63) is 47.7 Å². The van der Waals surface area contributed by atoms with Crippen molar-refractivity contribution in [2.24, 2.45) is 0 Å². The molecule has 0 spiro atoms. The first-order valence-electron chi connectivity index (χ1n) is 7.64. The van der Waals surface area contributed by atoms with E-state index in [2.05, 4.69) is 9.71 Å². The molecule has 134 valence electrons. The Bertz CT molecular complexity index is 884. The lowest BCUT2D eigenvalue weighted by Gasteiger charge is -2.29. The van der Waals surface area contributed by atoms with Gasteiger partial charge in [0.2, 0.25) is 0 Å². The van der Waals surface area contributed by atoms with Crippen LogP contribution in [0.4, 0.5) is 20.3 Å². The molecule has 0 radical (unpaired) electrons. The number of pyridine rings is 1. The van der Waals surface area contributed by atoms with Crippen LogP contribution in [0.1, 0.15) is 5.56 Å². The van der Waals surface area contributed by atoms with E-state index in [0.717, 1.165) is 6.07 Å². The molecule has 1 aliphatic heterocycles. The second kappa shape index (κ2) is 6.93. The average molecular weight is 369 g/mol. The van der Waals surface area contributed by atoms with Crippen LogP contribution >= 0.6 is 0 Å². The molecule has 0 atom stereocenters. The Labute approximate surface area is 144 Å². The zero-order chi connectivity index (χ0) is 18.0. The zero-order valence-electron chi connectivity index (χ0n) is 13.5. The molecule has 0 bridgehead atoms. The van der Waals surface area contributed by atoms with E-state index in [4.69, 9.17) is 4.74 Å². The first-order valence-corrected chi connectivity index (χ1v) is 9.13. The smallest absolute Gasteiger partial charge is 0.264 e. The van der Waals surface area contributed by atoms with Crippen molar-refractivity contribution >= 4 is 21.5 Å². The van der Waals surface area contributed by atoms with Gasteiger partial charge in [0, 0.05) is 25.4 Å². The summed E-state index contributed by atoms with van der Waals surface area (Å²) in [6.07, 6.45) is 1.55. The van der Waals surface area contributed by atoms with E-state index in [1.165, 1.54) is 6.92 Å². The van der Waals surface area contributed by atoms with E-state index in [9.17, 15) is 17.2 Å². The van der Waals surface area contributed by atoms with Gasteiger partial charge in [-0.25, -0.2) is 22.2 Å². The molecule has 1 saturated heterocycles. The molecule has 1 aromatic carbocycles. The Kier molecular flexibility index (Phi) is 4.87. The lowest BCUT2D eigenvalue weighted by Crippen LogP contribution is -2.37. The topological polar surface area (TPSA) is 71.5 Å². The van der Waals surface area contributed by atoms with Gasteiger partial charge in [-0.15, -0.1) is 0 Å². The molecule has 0 amide bonds. The number of hydrogen-bond donors (Lipinski definition) is 1. The van der Waals surface area contributed by atoms with E-state index in [1.807, 2.05) is 4.90 Å². The van der Waals surface area contributed by atoms with E-state index >= 15 is 0 Å². The lowest BCUT2D eigenvalue weighted by atomic mass is 10.2. The number of rotatable bonds is 4. The number of halogens is 2. The predicted molar refractivity (Wildman–Crippen MR) is 89.2 cm³/mol. The van der Waals surface area contributed by atoms with E-state index < -0.39 is 26.6 Å². The maximum atomic E-state index is 14.0. The fourth-order valence-corrected chi connectivity index (χ4v) is 3.75. The number of nitrogens with zero attached hydrogens (tertiary/aromatic N) is 2. The second-order valence-corrected chi connectivity index (χ2v) is 7.26. The van der Waals surface area contributed by atoms with Gasteiger partial charge in [-0.2, -0.15) is 0 Å². The predicted octanol–water partition coefficient (Wildman–Crippen LogP) is 2.31. The van der Waals surface area contributed by atoms with E-state index in [1.54, 1.807) is 18.3 Å². The Morgan fingerprint density at radius 2 is 1.92 bits per heavy atom. The van der Waals surface area contributed by atoms with Gasteiger partial charge in [-0.3, -0.25) is 4.72 Å². The van der Waals surface area contributed by atoms with Crippen LogP contribution in [-0.4, -0.2) is 39.7 Å². The normalized spacial score (nSPS) is 15.2. The molecule has 1 fully saturated rings. The number of morpholine rings is 1. The molecule has 0 unspecified atom stereocenters. The second-order valence-electron chi connectivity index (χ2n) is 5.61. The summed E-state index contributed by atoms with van der Waals surface area (Å²) in [7, 11) is -4.23. The van der Waals surface area contributed by atoms with Gasteiger partial charge in [-0.05, 0) is 30.7 Å². The van der Waals surface area contributed by atoms with Crippen LogP contribution in [-0.2, 0) is 14.8 Å². The molecule has 0 saturated carbocycles.